The van der Waals surface area contributed by atoms with Crippen LogP contribution in [-0.4, -0.2) is 52.1 Å². The van der Waals surface area contributed by atoms with Crippen molar-refractivity contribution in [1.29, 1.82) is 0 Å². The molecule has 0 radical (unpaired) electrons. The van der Waals surface area contributed by atoms with E-state index in [0.29, 0.717) is 30.2 Å². The Morgan fingerprint density at radius 1 is 1.04 bits per heavy atom. The number of aromatic nitrogens is 4. The summed E-state index contributed by atoms with van der Waals surface area (Å²) in [6, 6.07) is 15.0. The first-order chi connectivity index (χ1) is 24.0. The van der Waals surface area contributed by atoms with Crippen molar-refractivity contribution in [3.63, 3.8) is 0 Å². The molecule has 50 heavy (non-hydrogen) atoms. The molecule has 5 aromatic rings. The number of hydrogen-bond donors (Lipinski definition) is 3. The molecular formula is C37H38N6O5S2. The van der Waals surface area contributed by atoms with E-state index in [0.717, 1.165) is 51.1 Å². The number of benzene rings is 2. The van der Waals surface area contributed by atoms with E-state index in [2.05, 4.69) is 26.1 Å². The molecule has 4 aliphatic rings. The van der Waals surface area contributed by atoms with Gasteiger partial charge in [-0.1, -0.05) is 24.3 Å². The average Bonchev–Trinajstić information content (AvgIpc) is 3.81. The van der Waals surface area contributed by atoms with Gasteiger partial charge < -0.3 is 15.2 Å². The Morgan fingerprint density at radius 2 is 1.80 bits per heavy atom. The second-order valence-corrected chi connectivity index (χ2v) is 16.9. The molecule has 0 spiro atoms. The van der Waals surface area contributed by atoms with Crippen LogP contribution in [-0.2, 0) is 16.6 Å². The normalized spacial score (nSPS) is 20.2. The minimum absolute atomic E-state index is 0.00393. The largest absolute Gasteiger partial charge is 0.478 e. The number of thiophene rings is 1. The lowest BCUT2D eigenvalue weighted by molar-refractivity contribution is -0.119. The van der Waals surface area contributed by atoms with E-state index in [1.165, 1.54) is 55.2 Å². The van der Waals surface area contributed by atoms with E-state index >= 15 is 0 Å². The van der Waals surface area contributed by atoms with Gasteiger partial charge in [-0.25, -0.2) is 32.9 Å². The fourth-order valence-corrected chi connectivity index (χ4v) is 9.56. The zero-order valence-corrected chi connectivity index (χ0v) is 29.5. The average molecular weight is 711 g/mol. The molecule has 11 nitrogen and oxygen atoms in total. The maximum Gasteiger partial charge on any atom is 0.335 e. The van der Waals surface area contributed by atoms with Gasteiger partial charge in [0, 0.05) is 29.1 Å². The zero-order chi connectivity index (χ0) is 34.6. The van der Waals surface area contributed by atoms with Crippen LogP contribution in [0.15, 0.2) is 65.7 Å². The molecule has 3 N–H and O–H groups in total. The van der Waals surface area contributed by atoms with Gasteiger partial charge in [0.15, 0.2) is 0 Å². The minimum atomic E-state index is -4.22. The molecule has 2 bridgehead atoms. The first kappa shape index (κ1) is 32.7. The summed E-state index contributed by atoms with van der Waals surface area (Å²) in [6.07, 6.45) is 9.04. The maximum absolute atomic E-state index is 13.4. The summed E-state index contributed by atoms with van der Waals surface area (Å²) in [6.45, 7) is 4.80. The predicted molar refractivity (Wildman–Crippen MR) is 191 cm³/mol. The van der Waals surface area contributed by atoms with Crippen molar-refractivity contribution in [3.8, 4) is 17.1 Å². The molecule has 3 heterocycles. The van der Waals surface area contributed by atoms with E-state index in [1.54, 1.807) is 17.4 Å². The molecule has 0 amide bonds. The van der Waals surface area contributed by atoms with Crippen molar-refractivity contribution in [2.45, 2.75) is 75.8 Å². The van der Waals surface area contributed by atoms with E-state index in [1.807, 2.05) is 38.2 Å². The third-order valence-electron chi connectivity index (χ3n) is 10.2. The van der Waals surface area contributed by atoms with E-state index in [9.17, 15) is 18.3 Å². The summed E-state index contributed by atoms with van der Waals surface area (Å²) in [5, 5.41) is 13.1. The second-order valence-electron chi connectivity index (χ2n) is 14.2. The highest BCUT2D eigenvalue weighted by molar-refractivity contribution is 7.92. The van der Waals surface area contributed by atoms with Crippen molar-refractivity contribution in [1.82, 2.24) is 25.3 Å². The van der Waals surface area contributed by atoms with Gasteiger partial charge in [-0.2, -0.15) is 4.98 Å². The van der Waals surface area contributed by atoms with Gasteiger partial charge in [0.25, 0.3) is 10.0 Å². The minimum Gasteiger partial charge on any atom is -0.478 e. The van der Waals surface area contributed by atoms with Crippen LogP contribution in [0.4, 0.5) is 5.95 Å². The molecule has 4 aliphatic carbocycles. The molecule has 4 fully saturated rings. The molecule has 2 aromatic carbocycles. The summed E-state index contributed by atoms with van der Waals surface area (Å²) in [7, 11) is -4.22. The Morgan fingerprint density at radius 3 is 2.50 bits per heavy atom. The van der Waals surface area contributed by atoms with Gasteiger partial charge in [0.1, 0.15) is 17.0 Å². The van der Waals surface area contributed by atoms with Gasteiger partial charge in [-0.05, 0) is 105 Å². The van der Waals surface area contributed by atoms with E-state index in [4.69, 9.17) is 14.7 Å². The van der Waals surface area contributed by atoms with Gasteiger partial charge >= 0.3 is 5.97 Å². The fraction of sp³-hybridized carbons (Fsp3) is 0.378. The number of aromatic carboxylic acids is 1. The molecule has 0 aliphatic heterocycles. The molecule has 0 saturated heterocycles. The summed E-state index contributed by atoms with van der Waals surface area (Å²) < 4.78 is 35.7. The predicted octanol–water partition coefficient (Wildman–Crippen LogP) is 6.87. The van der Waals surface area contributed by atoms with Crippen molar-refractivity contribution >= 4 is 43.6 Å². The number of ether oxygens (including phenoxy) is 1. The Labute approximate surface area is 294 Å². The first-order valence-electron chi connectivity index (χ1n) is 17.0. The van der Waals surface area contributed by atoms with Gasteiger partial charge in [-0.3, -0.25) is 0 Å². The highest BCUT2D eigenvalue weighted by Gasteiger charge is 2.56. The molecule has 4 saturated carbocycles. The molecule has 1 unspecified atom stereocenters. The number of aryl methyl sites for hydroxylation is 2. The highest BCUT2D eigenvalue weighted by Crippen LogP contribution is 2.66. The number of nitrogens with zero attached hydrogens (tertiary/aromatic N) is 4. The number of carboxylic acid groups (broad SMARTS) is 1. The Hall–Kier alpha value is -4.46. The molecule has 258 valence electrons. The van der Waals surface area contributed by atoms with Crippen molar-refractivity contribution in [2.24, 2.45) is 11.3 Å². The van der Waals surface area contributed by atoms with Crippen LogP contribution in [0.3, 0.4) is 0 Å². The Balaban J connectivity index is 1.05. The smallest absolute Gasteiger partial charge is 0.335 e. The summed E-state index contributed by atoms with van der Waals surface area (Å²) in [5.41, 5.74) is 5.32. The van der Waals surface area contributed by atoms with Crippen LogP contribution in [0.25, 0.3) is 21.6 Å². The number of anilines is 1. The number of hydrogen-bond acceptors (Lipinski definition) is 10. The number of fused-ring (bicyclic) bond motifs is 1. The van der Waals surface area contributed by atoms with Crippen molar-refractivity contribution < 1.29 is 23.1 Å². The maximum atomic E-state index is 13.4. The molecular weight excluding hydrogens is 673 g/mol. The third kappa shape index (κ3) is 6.69. The van der Waals surface area contributed by atoms with Crippen LogP contribution >= 0.6 is 11.3 Å². The fourth-order valence-electron chi connectivity index (χ4n) is 7.46. The molecule has 13 heteroatoms. The lowest BCUT2D eigenvalue weighted by Gasteiger charge is -2.63. The highest BCUT2D eigenvalue weighted by atomic mass is 32.2. The van der Waals surface area contributed by atoms with Crippen LogP contribution in [0.2, 0.25) is 0 Å². The molecule has 1 atom stereocenters. The summed E-state index contributed by atoms with van der Waals surface area (Å²) in [4.78, 5) is 32.4. The van der Waals surface area contributed by atoms with Crippen molar-refractivity contribution in [3.05, 3.63) is 88.1 Å². The van der Waals surface area contributed by atoms with Crippen molar-refractivity contribution in [2.75, 3.05) is 11.3 Å². The first-order valence-corrected chi connectivity index (χ1v) is 19.3. The summed E-state index contributed by atoms with van der Waals surface area (Å²) in [5.74, 6) is 0.344. The van der Waals surface area contributed by atoms with Gasteiger partial charge in [0.2, 0.25) is 11.8 Å². The molecule has 9 rings (SSSR count). The standard InChI is InChI=1S/C37H38N6O5S2/c1-21-5-3-6-22(2)33(21)29-13-32(42-36(41-29)43-50(46,47)28-8-4-7-25(11-28)35(44)45)48-20-26(17-37-14-23(15-37)16-37)38-18-27-19-39-34-30(40-27)12-31(49-34)24-9-10-24/h3-8,11-13,19,23-24,26,38H,9-10,14-18,20H2,1-2H3,(H,44,45)(H,41,42,43). The quantitative estimate of drug-likeness (QED) is 0.111. The monoisotopic (exact) mass is 710 g/mol. The number of nitrogens with one attached hydrogen (secondary N) is 2. The lowest BCUT2D eigenvalue weighted by Crippen LogP contribution is -2.55. The second kappa shape index (κ2) is 12.7. The number of sulfonamides is 1. The SMILES string of the molecule is Cc1cccc(C)c1-c1cc(OCC(CC23CC(C2)C3)NCc2cnc3sc(C4CC4)cc3n2)nc(NS(=O)(=O)c2cccc(C(=O)O)c2)n1. The van der Waals surface area contributed by atoms with E-state index < -0.39 is 16.0 Å². The lowest BCUT2D eigenvalue weighted by atomic mass is 9.43. The van der Waals surface area contributed by atoms with Gasteiger partial charge in [0.05, 0.1) is 28.0 Å². The topological polar surface area (TPSA) is 156 Å². The Kier molecular flexibility index (Phi) is 8.31. The number of rotatable bonds is 14. The van der Waals surface area contributed by atoms with E-state index in [-0.39, 0.29) is 28.3 Å². The third-order valence-corrected chi connectivity index (χ3v) is 12.7. The van der Waals surface area contributed by atoms with Gasteiger partial charge in [-0.15, -0.1) is 11.3 Å². The Bertz CT molecular complexity index is 2200. The van der Waals surface area contributed by atoms with Crippen LogP contribution in [0.1, 0.15) is 76.5 Å². The summed E-state index contributed by atoms with van der Waals surface area (Å²) >= 11 is 1.74. The van der Waals surface area contributed by atoms with Crippen LogP contribution < -0.4 is 14.8 Å². The number of carbonyl (C=O) groups is 1. The van der Waals surface area contributed by atoms with Crippen LogP contribution in [0, 0.1) is 25.2 Å². The molecule has 3 aromatic heterocycles. The zero-order valence-electron chi connectivity index (χ0n) is 27.8. The number of carboxylic acids is 1. The van der Waals surface area contributed by atoms with Crippen LogP contribution in [0.5, 0.6) is 5.88 Å².